The molecular formula is C12H22N2O2S. The molecule has 1 rings (SSSR count). The van der Waals surface area contributed by atoms with E-state index in [1.807, 2.05) is 0 Å². The summed E-state index contributed by atoms with van der Waals surface area (Å²) < 4.78 is 5.09. The lowest BCUT2D eigenvalue weighted by Crippen LogP contribution is -2.37. The van der Waals surface area contributed by atoms with E-state index in [9.17, 15) is 0 Å². The highest BCUT2D eigenvalue weighted by molar-refractivity contribution is 7.12. The Balaban J connectivity index is 2.73. The SMILES string of the molecule is COCCN(CCO)C(CN)c1ccc(C)s1. The molecule has 98 valence electrons. The number of thiophene rings is 1. The number of rotatable bonds is 8. The third kappa shape index (κ3) is 4.37. The maximum absolute atomic E-state index is 9.11. The number of hydrogen-bond donors (Lipinski definition) is 2. The minimum atomic E-state index is 0.143. The van der Waals surface area contributed by atoms with Gasteiger partial charge in [-0.05, 0) is 19.1 Å². The Hall–Kier alpha value is -0.460. The molecule has 4 nitrogen and oxygen atoms in total. The summed E-state index contributed by atoms with van der Waals surface area (Å²) in [6.45, 7) is 4.86. The zero-order chi connectivity index (χ0) is 12.7. The van der Waals surface area contributed by atoms with E-state index in [0.29, 0.717) is 19.7 Å². The van der Waals surface area contributed by atoms with Crippen LogP contribution in [0.3, 0.4) is 0 Å². The zero-order valence-corrected chi connectivity index (χ0v) is 11.4. The van der Waals surface area contributed by atoms with Crippen LogP contribution in [-0.4, -0.2) is 50.0 Å². The van der Waals surface area contributed by atoms with E-state index in [-0.39, 0.29) is 12.6 Å². The summed E-state index contributed by atoms with van der Waals surface area (Å²) in [4.78, 5) is 4.72. The van der Waals surface area contributed by atoms with Crippen molar-refractivity contribution in [1.82, 2.24) is 4.90 Å². The predicted octanol–water partition coefficient (Wildman–Crippen LogP) is 0.997. The van der Waals surface area contributed by atoms with Crippen LogP contribution in [0, 0.1) is 6.92 Å². The van der Waals surface area contributed by atoms with Crippen molar-refractivity contribution in [2.45, 2.75) is 13.0 Å². The summed E-state index contributed by atoms with van der Waals surface area (Å²) in [6.07, 6.45) is 0. The lowest BCUT2D eigenvalue weighted by atomic mass is 10.2. The van der Waals surface area contributed by atoms with E-state index in [2.05, 4.69) is 24.0 Å². The van der Waals surface area contributed by atoms with Crippen LogP contribution < -0.4 is 5.73 Å². The smallest absolute Gasteiger partial charge is 0.0589 e. The van der Waals surface area contributed by atoms with Crippen molar-refractivity contribution in [3.8, 4) is 0 Å². The van der Waals surface area contributed by atoms with Crippen LogP contribution in [0.4, 0.5) is 0 Å². The molecule has 5 heteroatoms. The third-order valence-corrected chi connectivity index (χ3v) is 3.83. The van der Waals surface area contributed by atoms with Crippen LogP contribution in [0.1, 0.15) is 15.8 Å². The number of aliphatic hydroxyl groups is 1. The Bertz CT molecular complexity index is 317. The monoisotopic (exact) mass is 258 g/mol. The van der Waals surface area contributed by atoms with Gasteiger partial charge in [-0.15, -0.1) is 11.3 Å². The molecule has 0 aliphatic carbocycles. The molecule has 0 aliphatic heterocycles. The summed E-state index contributed by atoms with van der Waals surface area (Å²) >= 11 is 1.76. The second-order valence-electron chi connectivity index (χ2n) is 3.95. The fourth-order valence-corrected chi connectivity index (χ4v) is 2.86. The van der Waals surface area contributed by atoms with E-state index >= 15 is 0 Å². The predicted molar refractivity (Wildman–Crippen MR) is 71.4 cm³/mol. The molecule has 17 heavy (non-hydrogen) atoms. The van der Waals surface area contributed by atoms with Gasteiger partial charge in [0.05, 0.1) is 19.3 Å². The first kappa shape index (κ1) is 14.6. The average molecular weight is 258 g/mol. The largest absolute Gasteiger partial charge is 0.395 e. The Labute approximate surface area is 107 Å². The molecule has 1 unspecified atom stereocenters. The summed E-state index contributed by atoms with van der Waals surface area (Å²) in [5, 5.41) is 9.11. The van der Waals surface area contributed by atoms with Gasteiger partial charge in [-0.2, -0.15) is 0 Å². The molecule has 1 aromatic rings. The van der Waals surface area contributed by atoms with Gasteiger partial charge in [0, 0.05) is 36.5 Å². The number of nitrogens with zero attached hydrogens (tertiary/aromatic N) is 1. The fourth-order valence-electron chi connectivity index (χ4n) is 1.84. The Morgan fingerprint density at radius 3 is 2.71 bits per heavy atom. The van der Waals surface area contributed by atoms with Crippen LogP contribution >= 0.6 is 11.3 Å². The third-order valence-electron chi connectivity index (χ3n) is 2.72. The molecule has 0 aliphatic rings. The molecule has 3 N–H and O–H groups in total. The molecule has 1 atom stereocenters. The van der Waals surface area contributed by atoms with Gasteiger partial charge in [-0.25, -0.2) is 0 Å². The van der Waals surface area contributed by atoms with Gasteiger partial charge >= 0.3 is 0 Å². The van der Waals surface area contributed by atoms with Gasteiger partial charge < -0.3 is 15.6 Å². The van der Waals surface area contributed by atoms with Crippen LogP contribution in [0.2, 0.25) is 0 Å². The lowest BCUT2D eigenvalue weighted by molar-refractivity contribution is 0.104. The van der Waals surface area contributed by atoms with Crippen LogP contribution in [-0.2, 0) is 4.74 Å². The molecule has 0 saturated heterocycles. The second-order valence-corrected chi connectivity index (χ2v) is 5.27. The lowest BCUT2D eigenvalue weighted by Gasteiger charge is -2.29. The van der Waals surface area contributed by atoms with Crippen LogP contribution in [0.25, 0.3) is 0 Å². The second kappa shape index (κ2) is 7.79. The normalized spacial score (nSPS) is 13.2. The van der Waals surface area contributed by atoms with E-state index < -0.39 is 0 Å². The summed E-state index contributed by atoms with van der Waals surface area (Å²) in [5.74, 6) is 0. The van der Waals surface area contributed by atoms with Crippen molar-refractivity contribution in [3.63, 3.8) is 0 Å². The van der Waals surface area contributed by atoms with E-state index in [1.165, 1.54) is 9.75 Å². The Morgan fingerprint density at radius 1 is 1.47 bits per heavy atom. The van der Waals surface area contributed by atoms with E-state index in [1.54, 1.807) is 18.4 Å². The molecule has 0 fully saturated rings. The summed E-state index contributed by atoms with van der Waals surface area (Å²) in [5.41, 5.74) is 5.86. The molecule has 0 spiro atoms. The number of hydrogen-bond acceptors (Lipinski definition) is 5. The van der Waals surface area contributed by atoms with Crippen molar-refractivity contribution < 1.29 is 9.84 Å². The maximum Gasteiger partial charge on any atom is 0.0589 e. The van der Waals surface area contributed by atoms with Crippen molar-refractivity contribution in [3.05, 3.63) is 21.9 Å². The van der Waals surface area contributed by atoms with Crippen molar-refractivity contribution >= 4 is 11.3 Å². The van der Waals surface area contributed by atoms with Gasteiger partial charge in [-0.3, -0.25) is 4.90 Å². The summed E-state index contributed by atoms with van der Waals surface area (Å²) in [7, 11) is 1.68. The molecular weight excluding hydrogens is 236 g/mol. The molecule has 0 radical (unpaired) electrons. The van der Waals surface area contributed by atoms with E-state index in [0.717, 1.165) is 6.54 Å². The quantitative estimate of drug-likeness (QED) is 0.730. The number of aryl methyl sites for hydroxylation is 1. The van der Waals surface area contributed by atoms with Gasteiger partial charge in [0.25, 0.3) is 0 Å². The average Bonchev–Trinajstić information content (AvgIpc) is 2.73. The van der Waals surface area contributed by atoms with Gasteiger partial charge in [0.2, 0.25) is 0 Å². The first-order valence-electron chi connectivity index (χ1n) is 5.83. The molecule has 0 amide bonds. The molecule has 1 aromatic heterocycles. The maximum atomic E-state index is 9.11. The van der Waals surface area contributed by atoms with Crippen LogP contribution in [0.5, 0.6) is 0 Å². The van der Waals surface area contributed by atoms with Gasteiger partial charge in [0.1, 0.15) is 0 Å². The van der Waals surface area contributed by atoms with Crippen molar-refractivity contribution in [2.75, 3.05) is 40.0 Å². The first-order valence-corrected chi connectivity index (χ1v) is 6.64. The highest BCUT2D eigenvalue weighted by Crippen LogP contribution is 2.26. The van der Waals surface area contributed by atoms with Gasteiger partial charge in [-0.1, -0.05) is 0 Å². The van der Waals surface area contributed by atoms with Crippen molar-refractivity contribution in [1.29, 1.82) is 0 Å². The highest BCUT2D eigenvalue weighted by Gasteiger charge is 2.19. The number of aliphatic hydroxyl groups excluding tert-OH is 1. The van der Waals surface area contributed by atoms with Gasteiger partial charge in [0.15, 0.2) is 0 Å². The molecule has 0 bridgehead atoms. The molecule has 0 saturated carbocycles. The highest BCUT2D eigenvalue weighted by atomic mass is 32.1. The number of ether oxygens (including phenoxy) is 1. The first-order chi connectivity index (χ1) is 8.22. The Morgan fingerprint density at radius 2 is 2.24 bits per heavy atom. The zero-order valence-electron chi connectivity index (χ0n) is 10.6. The Kier molecular flexibility index (Phi) is 6.69. The van der Waals surface area contributed by atoms with Crippen LogP contribution in [0.15, 0.2) is 12.1 Å². The fraction of sp³-hybridized carbons (Fsp3) is 0.667. The minimum absolute atomic E-state index is 0.143. The molecule has 1 heterocycles. The topological polar surface area (TPSA) is 58.7 Å². The molecule has 0 aromatic carbocycles. The van der Waals surface area contributed by atoms with Crippen molar-refractivity contribution in [2.24, 2.45) is 5.73 Å². The minimum Gasteiger partial charge on any atom is -0.395 e. The number of nitrogens with two attached hydrogens (primary N) is 1. The van der Waals surface area contributed by atoms with E-state index in [4.69, 9.17) is 15.6 Å². The number of methoxy groups -OCH3 is 1. The summed E-state index contributed by atoms with van der Waals surface area (Å²) in [6, 6.07) is 4.40. The standard InChI is InChI=1S/C12H22N2O2S/c1-10-3-4-12(17-10)11(9-13)14(5-7-15)6-8-16-2/h3-4,11,15H,5-9,13H2,1-2H3.